The predicted octanol–water partition coefficient (Wildman–Crippen LogP) is 5.09. The quantitative estimate of drug-likeness (QED) is 0.565. The second-order valence-electron chi connectivity index (χ2n) is 4.47. The fraction of sp³-hybridized carbons (Fsp3) is 0.188. The topological polar surface area (TPSA) is 17.5 Å². The van der Waals surface area contributed by atoms with Crippen molar-refractivity contribution in [1.29, 1.82) is 0 Å². The van der Waals surface area contributed by atoms with Gasteiger partial charge in [0.15, 0.2) is 5.69 Å². The summed E-state index contributed by atoms with van der Waals surface area (Å²) >= 11 is 0. The van der Waals surface area contributed by atoms with Crippen molar-refractivity contribution in [2.24, 2.45) is 0 Å². The van der Waals surface area contributed by atoms with Gasteiger partial charge in [0.25, 0.3) is 0 Å². The van der Waals surface area contributed by atoms with Crippen LogP contribution in [0.15, 0.2) is 41.0 Å². The Morgan fingerprint density at radius 3 is 2.89 bits per heavy atom. The van der Waals surface area contributed by atoms with Crippen molar-refractivity contribution in [1.82, 2.24) is 0 Å². The van der Waals surface area contributed by atoms with Crippen molar-refractivity contribution >= 4 is 27.4 Å². The Labute approximate surface area is 106 Å². The van der Waals surface area contributed by atoms with E-state index in [4.69, 9.17) is 11.0 Å². The summed E-state index contributed by atoms with van der Waals surface area (Å²) in [5, 5.41) is 3.48. The van der Waals surface area contributed by atoms with Crippen LogP contribution < -0.4 is 0 Å². The molecule has 0 bridgehead atoms. The summed E-state index contributed by atoms with van der Waals surface area (Å²) in [6, 6.07) is 9.85. The lowest BCUT2D eigenvalue weighted by Crippen LogP contribution is -1.81. The lowest BCUT2D eigenvalue weighted by atomic mass is 10.0. The van der Waals surface area contributed by atoms with Gasteiger partial charge < -0.3 is 4.42 Å². The number of fused-ring (bicyclic) bond motifs is 3. The molecule has 88 valence electrons. The molecule has 0 aliphatic rings. The van der Waals surface area contributed by atoms with Crippen LogP contribution in [-0.2, 0) is 6.42 Å². The molecule has 18 heavy (non-hydrogen) atoms. The molecule has 0 aliphatic heterocycles. The molecule has 0 amide bonds. The highest BCUT2D eigenvalue weighted by atomic mass is 16.3. The van der Waals surface area contributed by atoms with E-state index in [0.717, 1.165) is 23.8 Å². The monoisotopic (exact) mass is 235 g/mol. The SMILES string of the molecule is [C-]#[N+]c1ccc2c(ccc3occ(CCC)c32)c1. The second kappa shape index (κ2) is 4.19. The first-order valence-electron chi connectivity index (χ1n) is 6.14. The van der Waals surface area contributed by atoms with Crippen LogP contribution in [-0.4, -0.2) is 0 Å². The fourth-order valence-corrected chi connectivity index (χ4v) is 2.44. The van der Waals surface area contributed by atoms with Gasteiger partial charge in [-0.05, 0) is 34.9 Å². The highest BCUT2D eigenvalue weighted by Gasteiger charge is 2.09. The number of rotatable bonds is 2. The van der Waals surface area contributed by atoms with Crippen molar-refractivity contribution in [2.75, 3.05) is 0 Å². The summed E-state index contributed by atoms with van der Waals surface area (Å²) in [5.74, 6) is 0. The highest BCUT2D eigenvalue weighted by molar-refractivity contribution is 6.08. The van der Waals surface area contributed by atoms with E-state index in [0.29, 0.717) is 5.69 Å². The normalized spacial score (nSPS) is 10.9. The van der Waals surface area contributed by atoms with Crippen LogP contribution in [0.1, 0.15) is 18.9 Å². The molecule has 0 saturated heterocycles. The molecule has 0 radical (unpaired) electrons. The van der Waals surface area contributed by atoms with E-state index in [-0.39, 0.29) is 0 Å². The van der Waals surface area contributed by atoms with Crippen molar-refractivity contribution in [3.63, 3.8) is 0 Å². The van der Waals surface area contributed by atoms with Crippen molar-refractivity contribution in [3.8, 4) is 0 Å². The standard InChI is InChI=1S/C16H13NO/c1-3-4-12-10-18-15-8-5-11-9-13(17-2)6-7-14(11)16(12)15/h5-10H,3-4H2,1H3. The second-order valence-corrected chi connectivity index (χ2v) is 4.47. The highest BCUT2D eigenvalue weighted by Crippen LogP contribution is 2.32. The van der Waals surface area contributed by atoms with Crippen molar-refractivity contribution < 1.29 is 4.42 Å². The van der Waals surface area contributed by atoms with Crippen LogP contribution in [0.2, 0.25) is 0 Å². The zero-order chi connectivity index (χ0) is 12.5. The fourth-order valence-electron chi connectivity index (χ4n) is 2.44. The third kappa shape index (κ3) is 1.56. The molecule has 0 saturated carbocycles. The lowest BCUT2D eigenvalue weighted by Gasteiger charge is -2.02. The minimum Gasteiger partial charge on any atom is -0.464 e. The summed E-state index contributed by atoms with van der Waals surface area (Å²) in [6.07, 6.45) is 3.98. The molecule has 0 aliphatic carbocycles. The van der Waals surface area contributed by atoms with Gasteiger partial charge in [0.2, 0.25) is 0 Å². The molecular formula is C16H13NO. The Morgan fingerprint density at radius 2 is 2.11 bits per heavy atom. The van der Waals surface area contributed by atoms with Gasteiger partial charge in [-0.3, -0.25) is 0 Å². The van der Waals surface area contributed by atoms with E-state index in [1.54, 1.807) is 0 Å². The maximum absolute atomic E-state index is 7.07. The molecule has 2 nitrogen and oxygen atoms in total. The summed E-state index contributed by atoms with van der Waals surface area (Å²) in [5.41, 5.74) is 2.87. The van der Waals surface area contributed by atoms with Gasteiger partial charge in [0.1, 0.15) is 5.58 Å². The van der Waals surface area contributed by atoms with E-state index in [2.05, 4.69) is 11.8 Å². The Balaban J connectivity index is 2.37. The Kier molecular flexibility index (Phi) is 2.53. The molecule has 2 heteroatoms. The first-order chi connectivity index (χ1) is 8.83. The average molecular weight is 235 g/mol. The van der Waals surface area contributed by atoms with Gasteiger partial charge in [0.05, 0.1) is 12.8 Å². The Morgan fingerprint density at radius 1 is 1.22 bits per heavy atom. The van der Waals surface area contributed by atoms with Crippen molar-refractivity contribution in [3.05, 3.63) is 53.6 Å². The zero-order valence-corrected chi connectivity index (χ0v) is 10.2. The van der Waals surface area contributed by atoms with E-state index in [1.165, 1.54) is 16.3 Å². The van der Waals surface area contributed by atoms with Gasteiger partial charge >= 0.3 is 0 Å². The Hall–Kier alpha value is -2.27. The average Bonchev–Trinajstić information content (AvgIpc) is 2.82. The van der Waals surface area contributed by atoms with Crippen LogP contribution in [0.5, 0.6) is 0 Å². The summed E-state index contributed by atoms with van der Waals surface area (Å²) in [4.78, 5) is 3.47. The molecule has 1 heterocycles. The smallest absolute Gasteiger partial charge is 0.187 e. The van der Waals surface area contributed by atoms with Gasteiger partial charge in [-0.15, -0.1) is 0 Å². The predicted molar refractivity (Wildman–Crippen MR) is 74.0 cm³/mol. The van der Waals surface area contributed by atoms with Gasteiger partial charge in [-0.2, -0.15) is 0 Å². The van der Waals surface area contributed by atoms with E-state index in [1.807, 2.05) is 36.6 Å². The minimum absolute atomic E-state index is 0.683. The molecule has 3 aromatic rings. The van der Waals surface area contributed by atoms with E-state index < -0.39 is 0 Å². The number of aryl methyl sites for hydroxylation is 1. The molecule has 0 spiro atoms. The summed E-state index contributed by atoms with van der Waals surface area (Å²) in [6.45, 7) is 9.23. The van der Waals surface area contributed by atoms with Crippen LogP contribution in [0, 0.1) is 6.57 Å². The molecular weight excluding hydrogens is 222 g/mol. The molecule has 0 N–H and O–H groups in total. The van der Waals surface area contributed by atoms with E-state index >= 15 is 0 Å². The minimum atomic E-state index is 0.683. The maximum atomic E-state index is 7.07. The maximum Gasteiger partial charge on any atom is 0.187 e. The molecule has 0 unspecified atom stereocenters. The number of nitrogens with zero attached hydrogens (tertiary/aromatic N) is 1. The van der Waals surface area contributed by atoms with Crippen molar-refractivity contribution in [2.45, 2.75) is 19.8 Å². The molecule has 1 aromatic heterocycles. The summed E-state index contributed by atoms with van der Waals surface area (Å²) in [7, 11) is 0. The Bertz CT molecular complexity index is 762. The third-order valence-corrected chi connectivity index (χ3v) is 3.26. The third-order valence-electron chi connectivity index (χ3n) is 3.26. The van der Waals surface area contributed by atoms with Crippen LogP contribution in [0.25, 0.3) is 26.6 Å². The molecule has 0 atom stereocenters. The van der Waals surface area contributed by atoms with E-state index in [9.17, 15) is 0 Å². The van der Waals surface area contributed by atoms with Gasteiger partial charge in [0, 0.05) is 5.39 Å². The molecule has 0 fully saturated rings. The number of hydrogen-bond donors (Lipinski definition) is 0. The van der Waals surface area contributed by atoms with Crippen LogP contribution >= 0.6 is 0 Å². The first-order valence-corrected chi connectivity index (χ1v) is 6.14. The largest absolute Gasteiger partial charge is 0.464 e. The van der Waals surface area contributed by atoms with Gasteiger partial charge in [-0.1, -0.05) is 31.5 Å². The number of furan rings is 1. The molecule has 3 rings (SSSR count). The number of hydrogen-bond acceptors (Lipinski definition) is 1. The van der Waals surface area contributed by atoms with Crippen LogP contribution in [0.4, 0.5) is 5.69 Å². The molecule has 2 aromatic carbocycles. The lowest BCUT2D eigenvalue weighted by molar-refractivity contribution is 0.609. The zero-order valence-electron chi connectivity index (χ0n) is 10.2. The van der Waals surface area contributed by atoms with Gasteiger partial charge in [-0.25, -0.2) is 4.85 Å². The number of benzene rings is 2. The van der Waals surface area contributed by atoms with Crippen LogP contribution in [0.3, 0.4) is 0 Å². The first kappa shape index (κ1) is 10.9. The summed E-state index contributed by atoms with van der Waals surface area (Å²) < 4.78 is 5.61.